The SMILES string of the molecule is CCC1CCC#C/C=C\C1C#CN. The van der Waals surface area contributed by atoms with E-state index >= 15 is 0 Å². The van der Waals surface area contributed by atoms with Crippen molar-refractivity contribution in [1.29, 1.82) is 0 Å². The predicted molar refractivity (Wildman–Crippen MR) is 55.4 cm³/mol. The second-order valence-electron chi connectivity index (χ2n) is 3.20. The smallest absolute Gasteiger partial charge is 0.0438 e. The average molecular weight is 173 g/mol. The van der Waals surface area contributed by atoms with Crippen molar-refractivity contribution < 1.29 is 0 Å². The molecule has 0 aromatic heterocycles. The Morgan fingerprint density at radius 3 is 3.15 bits per heavy atom. The highest BCUT2D eigenvalue weighted by atomic mass is 14.5. The van der Waals surface area contributed by atoms with E-state index in [0.717, 1.165) is 19.3 Å². The third kappa shape index (κ3) is 2.88. The summed E-state index contributed by atoms with van der Waals surface area (Å²) < 4.78 is 0. The van der Waals surface area contributed by atoms with Gasteiger partial charge in [0.2, 0.25) is 0 Å². The van der Waals surface area contributed by atoms with E-state index in [4.69, 9.17) is 5.73 Å². The molecule has 0 saturated heterocycles. The van der Waals surface area contributed by atoms with E-state index in [0.29, 0.717) is 11.8 Å². The third-order valence-corrected chi connectivity index (χ3v) is 2.41. The molecule has 0 radical (unpaired) electrons. The zero-order valence-corrected chi connectivity index (χ0v) is 8.01. The fraction of sp³-hybridized carbons (Fsp3) is 0.500. The van der Waals surface area contributed by atoms with E-state index in [-0.39, 0.29) is 0 Å². The van der Waals surface area contributed by atoms with Gasteiger partial charge >= 0.3 is 0 Å². The minimum atomic E-state index is 0.296. The topological polar surface area (TPSA) is 26.0 Å². The van der Waals surface area contributed by atoms with Gasteiger partial charge in [0, 0.05) is 18.4 Å². The van der Waals surface area contributed by atoms with Crippen molar-refractivity contribution in [3.63, 3.8) is 0 Å². The molecule has 0 aromatic rings. The first-order valence-electron chi connectivity index (χ1n) is 4.74. The molecule has 1 aliphatic carbocycles. The predicted octanol–water partition coefficient (Wildman–Crippen LogP) is 1.90. The van der Waals surface area contributed by atoms with Gasteiger partial charge in [-0.05, 0) is 18.4 Å². The first kappa shape index (κ1) is 9.75. The van der Waals surface area contributed by atoms with Gasteiger partial charge in [0.15, 0.2) is 0 Å². The average Bonchev–Trinajstić information content (AvgIpc) is 2.10. The van der Waals surface area contributed by atoms with E-state index in [2.05, 4.69) is 36.8 Å². The van der Waals surface area contributed by atoms with E-state index in [1.807, 2.05) is 6.08 Å². The van der Waals surface area contributed by atoms with Gasteiger partial charge in [-0.2, -0.15) is 0 Å². The molecule has 2 N–H and O–H groups in total. The van der Waals surface area contributed by atoms with Crippen LogP contribution in [0.25, 0.3) is 0 Å². The summed E-state index contributed by atoms with van der Waals surface area (Å²) in [7, 11) is 0. The zero-order chi connectivity index (χ0) is 9.52. The molecule has 0 fully saturated rings. The lowest BCUT2D eigenvalue weighted by Gasteiger charge is -2.18. The van der Waals surface area contributed by atoms with E-state index < -0.39 is 0 Å². The van der Waals surface area contributed by atoms with Gasteiger partial charge in [0.1, 0.15) is 0 Å². The Balaban J connectivity index is 2.77. The Kier molecular flexibility index (Phi) is 4.00. The quantitative estimate of drug-likeness (QED) is 0.475. The summed E-state index contributed by atoms with van der Waals surface area (Å²) in [4.78, 5) is 0. The molecule has 1 nitrogen and oxygen atoms in total. The molecule has 0 amide bonds. The highest BCUT2D eigenvalue weighted by Crippen LogP contribution is 2.22. The zero-order valence-electron chi connectivity index (χ0n) is 8.01. The van der Waals surface area contributed by atoms with Crippen LogP contribution in [0.5, 0.6) is 0 Å². The van der Waals surface area contributed by atoms with Crippen LogP contribution >= 0.6 is 0 Å². The minimum Gasteiger partial charge on any atom is -0.359 e. The number of rotatable bonds is 1. The fourth-order valence-electron chi connectivity index (χ4n) is 1.60. The molecule has 0 aliphatic heterocycles. The maximum Gasteiger partial charge on any atom is 0.0438 e. The van der Waals surface area contributed by atoms with Crippen LogP contribution in [0.2, 0.25) is 0 Å². The number of hydrogen-bond donors (Lipinski definition) is 1. The molecule has 0 bridgehead atoms. The fourth-order valence-corrected chi connectivity index (χ4v) is 1.60. The van der Waals surface area contributed by atoms with Crippen molar-refractivity contribution in [1.82, 2.24) is 0 Å². The summed E-state index contributed by atoms with van der Waals surface area (Å²) in [6.45, 7) is 2.19. The highest BCUT2D eigenvalue weighted by molar-refractivity contribution is 5.22. The van der Waals surface area contributed by atoms with Gasteiger partial charge in [-0.1, -0.05) is 37.2 Å². The van der Waals surface area contributed by atoms with Crippen LogP contribution < -0.4 is 5.73 Å². The molecule has 2 atom stereocenters. The van der Waals surface area contributed by atoms with Crippen LogP contribution in [0, 0.1) is 35.6 Å². The number of allylic oxidation sites excluding steroid dienone is 2. The van der Waals surface area contributed by atoms with Crippen LogP contribution in [0.3, 0.4) is 0 Å². The summed E-state index contributed by atoms with van der Waals surface area (Å²) in [6.07, 6.45) is 7.22. The monoisotopic (exact) mass is 173 g/mol. The summed E-state index contributed by atoms with van der Waals surface area (Å²) in [5, 5.41) is 0. The molecule has 0 saturated carbocycles. The van der Waals surface area contributed by atoms with Crippen LogP contribution in [0.15, 0.2) is 12.2 Å². The van der Waals surface area contributed by atoms with Crippen LogP contribution in [0.4, 0.5) is 0 Å². The maximum atomic E-state index is 5.24. The summed E-state index contributed by atoms with van der Waals surface area (Å²) >= 11 is 0. The van der Waals surface area contributed by atoms with Crippen molar-refractivity contribution in [2.75, 3.05) is 0 Å². The Bertz CT molecular complexity index is 293. The molecule has 2 unspecified atom stereocenters. The highest BCUT2D eigenvalue weighted by Gasteiger charge is 2.15. The van der Waals surface area contributed by atoms with Gasteiger partial charge in [0.05, 0.1) is 0 Å². The normalized spacial score (nSPS) is 28.4. The Morgan fingerprint density at radius 2 is 2.46 bits per heavy atom. The lowest BCUT2D eigenvalue weighted by molar-refractivity contribution is 0.422. The second-order valence-corrected chi connectivity index (χ2v) is 3.20. The van der Waals surface area contributed by atoms with E-state index in [1.165, 1.54) is 0 Å². The lowest BCUT2D eigenvalue weighted by Crippen LogP contribution is -2.11. The van der Waals surface area contributed by atoms with Crippen LogP contribution in [-0.4, -0.2) is 0 Å². The summed E-state index contributed by atoms with van der Waals surface area (Å²) in [5.74, 6) is 10.0. The lowest BCUT2D eigenvalue weighted by atomic mass is 9.86. The van der Waals surface area contributed by atoms with Crippen LogP contribution in [0.1, 0.15) is 26.2 Å². The Hall–Kier alpha value is -1.34. The molecule has 0 aromatic carbocycles. The summed E-state index contributed by atoms with van der Waals surface area (Å²) in [5.41, 5.74) is 5.24. The van der Waals surface area contributed by atoms with Gasteiger partial charge < -0.3 is 5.73 Å². The molecule has 68 valence electrons. The van der Waals surface area contributed by atoms with Gasteiger partial charge in [0.25, 0.3) is 0 Å². The van der Waals surface area contributed by atoms with Crippen molar-refractivity contribution in [2.45, 2.75) is 26.2 Å². The molecule has 1 rings (SSSR count). The molecule has 0 spiro atoms. The first-order valence-corrected chi connectivity index (χ1v) is 4.74. The standard InChI is InChI=1S/C12H15N/c1-2-11-7-5-3-4-6-8-12(11)9-10-13/h6,8,11-12H,2,5,7,13H2,1H3/b8-6-. The first-order chi connectivity index (χ1) is 6.38. The molecular formula is C12H15N. The largest absolute Gasteiger partial charge is 0.359 e. The molecule has 1 heteroatoms. The third-order valence-electron chi connectivity index (χ3n) is 2.41. The molecular weight excluding hydrogens is 158 g/mol. The van der Waals surface area contributed by atoms with Crippen LogP contribution in [-0.2, 0) is 0 Å². The number of nitrogens with two attached hydrogens (primary N) is 1. The van der Waals surface area contributed by atoms with Crippen molar-refractivity contribution in [2.24, 2.45) is 17.6 Å². The Labute approximate surface area is 80.4 Å². The minimum absolute atomic E-state index is 0.296. The number of hydrogen-bond acceptors (Lipinski definition) is 1. The van der Waals surface area contributed by atoms with Gasteiger partial charge in [-0.15, -0.1) is 0 Å². The van der Waals surface area contributed by atoms with E-state index in [9.17, 15) is 0 Å². The van der Waals surface area contributed by atoms with Crippen molar-refractivity contribution in [3.8, 4) is 23.8 Å². The molecule has 13 heavy (non-hydrogen) atoms. The maximum absolute atomic E-state index is 5.24. The molecule has 0 heterocycles. The van der Waals surface area contributed by atoms with Gasteiger partial charge in [-0.3, -0.25) is 0 Å². The van der Waals surface area contributed by atoms with Crippen molar-refractivity contribution in [3.05, 3.63) is 12.2 Å². The second kappa shape index (κ2) is 5.33. The van der Waals surface area contributed by atoms with Crippen molar-refractivity contribution >= 4 is 0 Å². The van der Waals surface area contributed by atoms with E-state index in [1.54, 1.807) is 0 Å². The molecule has 1 aliphatic rings. The summed E-state index contributed by atoms with van der Waals surface area (Å²) in [6, 6.07) is 2.50. The Morgan fingerprint density at radius 1 is 1.62 bits per heavy atom. The van der Waals surface area contributed by atoms with Gasteiger partial charge in [-0.25, -0.2) is 0 Å².